The number of hydrogen-bond acceptors (Lipinski definition) is 4. The first-order valence-electron chi connectivity index (χ1n) is 8.70. The minimum atomic E-state index is -4.54. The van der Waals surface area contributed by atoms with Crippen LogP contribution in [0, 0.1) is 0 Å². The van der Waals surface area contributed by atoms with Gasteiger partial charge in [-0.05, 0) is 35.9 Å². The Kier molecular flexibility index (Phi) is 6.12. The van der Waals surface area contributed by atoms with E-state index in [1.807, 2.05) is 30.3 Å². The fraction of sp³-hybridized carbons (Fsp3) is 0.0952. The largest absolute Gasteiger partial charge is 0.405 e. The third-order valence-corrected chi connectivity index (χ3v) is 5.27. The van der Waals surface area contributed by atoms with Gasteiger partial charge in [0, 0.05) is 11.1 Å². The van der Waals surface area contributed by atoms with E-state index in [4.69, 9.17) is 4.18 Å². The molecule has 0 aromatic heterocycles. The molecular formula is C21H16F3NO4S. The monoisotopic (exact) mass is 435 g/mol. The predicted molar refractivity (Wildman–Crippen MR) is 105 cm³/mol. The zero-order valence-corrected chi connectivity index (χ0v) is 16.2. The van der Waals surface area contributed by atoms with Gasteiger partial charge in [-0.15, -0.1) is 0 Å². The van der Waals surface area contributed by atoms with E-state index in [0.29, 0.717) is 5.56 Å². The minimum Gasteiger partial charge on any atom is -0.378 e. The molecule has 9 heteroatoms. The molecule has 0 saturated carbocycles. The first kappa shape index (κ1) is 21.4. The van der Waals surface area contributed by atoms with Gasteiger partial charge in [-0.1, -0.05) is 48.5 Å². The summed E-state index contributed by atoms with van der Waals surface area (Å²) in [5.41, 5.74) is 1.23. The molecule has 5 nitrogen and oxygen atoms in total. The summed E-state index contributed by atoms with van der Waals surface area (Å²) in [6.07, 6.45) is -4.54. The normalized spacial score (nSPS) is 11.7. The molecule has 1 N–H and O–H groups in total. The molecule has 0 unspecified atom stereocenters. The first-order valence-corrected chi connectivity index (χ1v) is 10.1. The van der Waals surface area contributed by atoms with E-state index in [1.54, 1.807) is 23.5 Å². The minimum absolute atomic E-state index is 0.108. The maximum atomic E-state index is 12.7. The van der Waals surface area contributed by atoms with Gasteiger partial charge in [-0.25, -0.2) is 0 Å². The summed E-state index contributed by atoms with van der Waals surface area (Å²) >= 11 is 0. The molecule has 0 aliphatic rings. The second-order valence-corrected chi connectivity index (χ2v) is 7.77. The number of halogens is 3. The molecule has 0 spiro atoms. The Hall–Kier alpha value is -3.33. The van der Waals surface area contributed by atoms with Crippen LogP contribution in [0.5, 0.6) is 5.75 Å². The number of rotatable bonds is 6. The zero-order chi connectivity index (χ0) is 21.8. The van der Waals surface area contributed by atoms with Crippen molar-refractivity contribution >= 4 is 16.0 Å². The topological polar surface area (TPSA) is 72.5 Å². The van der Waals surface area contributed by atoms with Gasteiger partial charge < -0.3 is 9.50 Å². The Labute approximate surface area is 171 Å². The van der Waals surface area contributed by atoms with Crippen LogP contribution in [0.3, 0.4) is 0 Å². The number of alkyl halides is 3. The Morgan fingerprint density at radius 2 is 1.47 bits per heavy atom. The van der Waals surface area contributed by atoms with Crippen molar-refractivity contribution in [2.24, 2.45) is 0 Å². The van der Waals surface area contributed by atoms with E-state index in [9.17, 15) is 26.4 Å². The number of hydrogen-bond donors (Lipinski definition) is 1. The zero-order valence-electron chi connectivity index (χ0n) is 15.4. The molecule has 1 amide bonds. The molecule has 3 aromatic rings. The molecular weight excluding hydrogens is 419 g/mol. The summed E-state index contributed by atoms with van der Waals surface area (Å²) in [7, 11) is -4.23. The van der Waals surface area contributed by atoms with E-state index in [1.165, 1.54) is 6.07 Å². The van der Waals surface area contributed by atoms with Crippen LogP contribution < -0.4 is 9.50 Å². The van der Waals surface area contributed by atoms with Crippen molar-refractivity contribution in [2.75, 3.05) is 6.54 Å². The number of nitrogens with one attached hydrogen (secondary N) is 1. The third-order valence-electron chi connectivity index (χ3n) is 4.03. The molecule has 0 atom stereocenters. The van der Waals surface area contributed by atoms with Crippen molar-refractivity contribution in [1.82, 2.24) is 5.32 Å². The van der Waals surface area contributed by atoms with Gasteiger partial charge >= 0.3 is 16.3 Å². The van der Waals surface area contributed by atoms with E-state index >= 15 is 0 Å². The molecule has 156 valence electrons. The van der Waals surface area contributed by atoms with Gasteiger partial charge in [-0.3, -0.25) is 4.79 Å². The van der Waals surface area contributed by atoms with Gasteiger partial charge in [-0.2, -0.15) is 21.6 Å². The summed E-state index contributed by atoms with van der Waals surface area (Å²) in [5, 5.41) is 1.72. The summed E-state index contributed by atoms with van der Waals surface area (Å²) in [6, 6.07) is 20.1. The number of carbonyl (C=O) groups excluding carboxylic acids is 1. The summed E-state index contributed by atoms with van der Waals surface area (Å²) in [5.74, 6) is -0.845. The van der Waals surface area contributed by atoms with E-state index in [-0.39, 0.29) is 16.2 Å². The lowest BCUT2D eigenvalue weighted by Crippen LogP contribution is -2.33. The quantitative estimate of drug-likeness (QED) is 0.582. The molecule has 0 fully saturated rings. The third kappa shape index (κ3) is 5.38. The van der Waals surface area contributed by atoms with Crippen molar-refractivity contribution in [3.63, 3.8) is 0 Å². The summed E-state index contributed by atoms with van der Waals surface area (Å²) in [6.45, 7) is -1.48. The molecule has 0 saturated heterocycles. The van der Waals surface area contributed by atoms with Crippen molar-refractivity contribution in [3.8, 4) is 16.9 Å². The molecule has 0 bridgehead atoms. The Morgan fingerprint density at radius 1 is 0.867 bits per heavy atom. The van der Waals surface area contributed by atoms with E-state index in [2.05, 4.69) is 0 Å². The lowest BCUT2D eigenvalue weighted by Gasteiger charge is -2.12. The van der Waals surface area contributed by atoms with Crippen LogP contribution in [-0.4, -0.2) is 27.0 Å². The van der Waals surface area contributed by atoms with Gasteiger partial charge in [0.05, 0.1) is 0 Å². The van der Waals surface area contributed by atoms with Crippen LogP contribution in [0.25, 0.3) is 11.1 Å². The van der Waals surface area contributed by atoms with E-state index < -0.39 is 28.7 Å². The molecule has 0 aliphatic carbocycles. The van der Waals surface area contributed by atoms with Crippen molar-refractivity contribution in [2.45, 2.75) is 11.1 Å². The molecule has 30 heavy (non-hydrogen) atoms. The van der Waals surface area contributed by atoms with Crippen LogP contribution in [0.2, 0.25) is 0 Å². The van der Waals surface area contributed by atoms with Gasteiger partial charge in [0.1, 0.15) is 11.4 Å². The molecule has 3 rings (SSSR count). The van der Waals surface area contributed by atoms with Gasteiger partial charge in [0.15, 0.2) is 5.75 Å². The SMILES string of the molecule is O=C(NCC(F)(F)F)c1ccc(S(=O)(=O)Oc2ccccc2-c2ccccc2)cc1. The Morgan fingerprint density at radius 3 is 2.10 bits per heavy atom. The lowest BCUT2D eigenvalue weighted by atomic mass is 10.1. The highest BCUT2D eigenvalue weighted by Gasteiger charge is 2.28. The van der Waals surface area contributed by atoms with Crippen molar-refractivity contribution in [1.29, 1.82) is 0 Å². The number of para-hydroxylation sites is 1. The Balaban J connectivity index is 1.80. The van der Waals surface area contributed by atoms with Crippen LogP contribution in [-0.2, 0) is 10.1 Å². The maximum Gasteiger partial charge on any atom is 0.405 e. The van der Waals surface area contributed by atoms with Crippen LogP contribution >= 0.6 is 0 Å². The average Bonchev–Trinajstić information content (AvgIpc) is 2.72. The molecule has 0 heterocycles. The summed E-state index contributed by atoms with van der Waals surface area (Å²) in [4.78, 5) is 11.5. The van der Waals surface area contributed by atoms with Crippen LogP contribution in [0.15, 0.2) is 83.8 Å². The molecule has 0 radical (unpaired) electrons. The fourth-order valence-corrected chi connectivity index (χ4v) is 3.56. The first-order chi connectivity index (χ1) is 14.2. The molecule has 3 aromatic carbocycles. The lowest BCUT2D eigenvalue weighted by molar-refractivity contribution is -0.123. The maximum absolute atomic E-state index is 12.7. The predicted octanol–water partition coefficient (Wildman–Crippen LogP) is 4.41. The Bertz CT molecular complexity index is 1130. The number of carbonyl (C=O) groups is 1. The second-order valence-electron chi connectivity index (χ2n) is 6.22. The van der Waals surface area contributed by atoms with Crippen molar-refractivity contribution in [3.05, 3.63) is 84.4 Å². The second kappa shape index (κ2) is 8.58. The highest BCUT2D eigenvalue weighted by Crippen LogP contribution is 2.31. The smallest absolute Gasteiger partial charge is 0.378 e. The number of amides is 1. The highest BCUT2D eigenvalue weighted by molar-refractivity contribution is 7.87. The highest BCUT2D eigenvalue weighted by atomic mass is 32.2. The van der Waals surface area contributed by atoms with Gasteiger partial charge in [0.25, 0.3) is 5.91 Å². The standard InChI is InChI=1S/C21H16F3NO4S/c22-21(23,24)14-25-20(26)16-10-12-17(13-11-16)30(27,28)29-19-9-5-4-8-18(19)15-6-2-1-3-7-15/h1-13H,14H2,(H,25,26). The van der Waals surface area contributed by atoms with Crippen LogP contribution in [0.1, 0.15) is 10.4 Å². The van der Waals surface area contributed by atoms with Gasteiger partial charge in [0.2, 0.25) is 0 Å². The van der Waals surface area contributed by atoms with E-state index in [0.717, 1.165) is 29.8 Å². The molecule has 0 aliphatic heterocycles. The fourth-order valence-electron chi connectivity index (χ4n) is 2.62. The average molecular weight is 435 g/mol. The summed E-state index contributed by atoms with van der Waals surface area (Å²) < 4.78 is 67.2. The number of benzene rings is 3. The van der Waals surface area contributed by atoms with Crippen molar-refractivity contribution < 1.29 is 30.6 Å². The van der Waals surface area contributed by atoms with Crippen LogP contribution in [0.4, 0.5) is 13.2 Å².